The highest BCUT2D eigenvalue weighted by atomic mass is 32.3. The van der Waals surface area contributed by atoms with E-state index in [4.69, 9.17) is 13.7 Å². The van der Waals surface area contributed by atoms with Gasteiger partial charge in [-0.05, 0) is 24.6 Å². The lowest BCUT2D eigenvalue weighted by molar-refractivity contribution is 0.284. The molecule has 144 valence electrons. The fraction of sp³-hybridized carbons (Fsp3) is 0.333. The third-order valence-electron chi connectivity index (χ3n) is 2.79. The minimum atomic E-state index is -5.05. The van der Waals surface area contributed by atoms with Crippen LogP contribution in [-0.4, -0.2) is 59.7 Å². The van der Waals surface area contributed by atoms with E-state index in [1.165, 1.54) is 0 Å². The molecule has 1 aromatic rings. The summed E-state index contributed by atoms with van der Waals surface area (Å²) in [4.78, 5) is -3.12. The minimum absolute atomic E-state index is 0.433. The van der Waals surface area contributed by atoms with Crippen molar-refractivity contribution >= 4 is 40.5 Å². The van der Waals surface area contributed by atoms with Gasteiger partial charge < -0.3 is 0 Å². The molecule has 0 saturated heterocycles. The zero-order valence-corrected chi connectivity index (χ0v) is 15.5. The molecular formula is C9H12O12S4. The van der Waals surface area contributed by atoms with Gasteiger partial charge in [-0.1, -0.05) is 0 Å². The molecule has 0 aliphatic rings. The van der Waals surface area contributed by atoms with E-state index < -0.39 is 73.1 Å². The van der Waals surface area contributed by atoms with E-state index in [-0.39, 0.29) is 0 Å². The normalized spacial score (nSPS) is 13.8. The first-order valence-corrected chi connectivity index (χ1v) is 11.8. The SMILES string of the molecule is Cc1c(S(=O)(=O)O)cc(S(=O)(=O)CCOS(=O)(=O)O)cc1S(=O)(=O)O. The Morgan fingerprint density at radius 2 is 1.24 bits per heavy atom. The lowest BCUT2D eigenvalue weighted by atomic mass is 10.2. The maximum atomic E-state index is 12.1. The zero-order chi connectivity index (χ0) is 19.8. The maximum Gasteiger partial charge on any atom is 0.397 e. The zero-order valence-electron chi connectivity index (χ0n) is 12.2. The Morgan fingerprint density at radius 1 is 0.840 bits per heavy atom. The van der Waals surface area contributed by atoms with Crippen molar-refractivity contribution in [3.8, 4) is 0 Å². The number of rotatable bonds is 7. The Bertz CT molecular complexity index is 1040. The Labute approximate surface area is 143 Å². The van der Waals surface area contributed by atoms with Crippen LogP contribution in [0.2, 0.25) is 0 Å². The van der Waals surface area contributed by atoms with E-state index in [0.29, 0.717) is 12.1 Å². The van der Waals surface area contributed by atoms with Gasteiger partial charge >= 0.3 is 10.4 Å². The van der Waals surface area contributed by atoms with Crippen molar-refractivity contribution < 1.29 is 51.5 Å². The van der Waals surface area contributed by atoms with Gasteiger partial charge in [-0.15, -0.1) is 0 Å². The molecule has 0 amide bonds. The topological polar surface area (TPSA) is 206 Å². The van der Waals surface area contributed by atoms with Crippen molar-refractivity contribution in [3.05, 3.63) is 17.7 Å². The van der Waals surface area contributed by atoms with Crippen molar-refractivity contribution in [2.24, 2.45) is 0 Å². The predicted octanol–water partition coefficient (Wildman–Crippen LogP) is -0.918. The third kappa shape index (κ3) is 5.96. The fourth-order valence-corrected chi connectivity index (χ4v) is 5.01. The van der Waals surface area contributed by atoms with E-state index in [2.05, 4.69) is 4.18 Å². The van der Waals surface area contributed by atoms with Crippen molar-refractivity contribution in [1.82, 2.24) is 0 Å². The van der Waals surface area contributed by atoms with Gasteiger partial charge in [-0.25, -0.2) is 12.6 Å². The van der Waals surface area contributed by atoms with Gasteiger partial charge in [0.15, 0.2) is 9.84 Å². The summed E-state index contributed by atoms with van der Waals surface area (Å²) >= 11 is 0. The van der Waals surface area contributed by atoms with Crippen molar-refractivity contribution in [1.29, 1.82) is 0 Å². The van der Waals surface area contributed by atoms with E-state index in [9.17, 15) is 33.7 Å². The summed E-state index contributed by atoms with van der Waals surface area (Å²) in [6, 6.07) is 0.865. The number of hydrogen-bond donors (Lipinski definition) is 3. The summed E-state index contributed by atoms with van der Waals surface area (Å²) in [7, 11) is -19.6. The molecule has 0 aliphatic carbocycles. The molecule has 0 aliphatic heterocycles. The van der Waals surface area contributed by atoms with Crippen LogP contribution < -0.4 is 0 Å². The van der Waals surface area contributed by atoms with E-state index in [1.807, 2.05) is 0 Å². The van der Waals surface area contributed by atoms with E-state index in [1.54, 1.807) is 0 Å². The molecule has 1 rings (SSSR count). The van der Waals surface area contributed by atoms with Crippen molar-refractivity contribution in [3.63, 3.8) is 0 Å². The molecular weight excluding hydrogens is 428 g/mol. The standard InChI is InChI=1S/C9H12O12S4/c1-6-8(23(12,13)14)4-7(5-9(6)24(15,16)17)22(10,11)3-2-21-25(18,19)20/h4-5H,2-3H2,1H3,(H,12,13,14)(H,15,16,17)(H,18,19,20). The van der Waals surface area contributed by atoms with Gasteiger partial charge in [0.05, 0.1) is 27.0 Å². The minimum Gasteiger partial charge on any atom is -0.282 e. The highest BCUT2D eigenvalue weighted by Crippen LogP contribution is 2.27. The molecule has 25 heavy (non-hydrogen) atoms. The summed E-state index contributed by atoms with van der Waals surface area (Å²) in [5.74, 6) is -1.09. The quantitative estimate of drug-likeness (QED) is 0.440. The second kappa shape index (κ2) is 6.88. The molecule has 0 fully saturated rings. The Morgan fingerprint density at radius 3 is 1.56 bits per heavy atom. The van der Waals surface area contributed by atoms with Crippen LogP contribution in [0.1, 0.15) is 5.56 Å². The monoisotopic (exact) mass is 440 g/mol. The van der Waals surface area contributed by atoms with Crippen LogP contribution in [-0.2, 0) is 44.7 Å². The fourth-order valence-electron chi connectivity index (χ4n) is 1.72. The van der Waals surface area contributed by atoms with E-state index in [0.717, 1.165) is 6.92 Å². The Kier molecular flexibility index (Phi) is 6.02. The largest absolute Gasteiger partial charge is 0.397 e. The van der Waals surface area contributed by atoms with Crippen LogP contribution in [0.3, 0.4) is 0 Å². The molecule has 0 atom stereocenters. The van der Waals surface area contributed by atoms with Crippen LogP contribution in [0.4, 0.5) is 0 Å². The maximum absolute atomic E-state index is 12.1. The molecule has 0 saturated carbocycles. The second-order valence-corrected chi connectivity index (χ2v) is 10.5. The lowest BCUT2D eigenvalue weighted by Gasteiger charge is -2.11. The third-order valence-corrected chi connectivity index (χ3v) is 6.87. The van der Waals surface area contributed by atoms with Gasteiger partial charge in [0, 0.05) is 0 Å². The Balaban J connectivity index is 3.56. The number of sulfone groups is 1. The van der Waals surface area contributed by atoms with Gasteiger partial charge in [-0.3, -0.25) is 13.7 Å². The highest BCUT2D eigenvalue weighted by Gasteiger charge is 2.27. The molecule has 3 N–H and O–H groups in total. The molecule has 0 aromatic heterocycles. The average molecular weight is 440 g/mol. The van der Waals surface area contributed by atoms with Crippen LogP contribution in [0.5, 0.6) is 0 Å². The molecule has 0 radical (unpaired) electrons. The first-order valence-electron chi connectivity index (χ1n) is 5.89. The number of hydrogen-bond acceptors (Lipinski definition) is 9. The van der Waals surface area contributed by atoms with Crippen LogP contribution in [0.25, 0.3) is 0 Å². The molecule has 0 bridgehead atoms. The molecule has 0 unspecified atom stereocenters. The first-order chi connectivity index (χ1) is 11.0. The van der Waals surface area contributed by atoms with Crippen molar-refractivity contribution in [2.45, 2.75) is 21.6 Å². The van der Waals surface area contributed by atoms with Crippen LogP contribution >= 0.6 is 0 Å². The van der Waals surface area contributed by atoms with E-state index >= 15 is 0 Å². The molecule has 0 heterocycles. The lowest BCUT2D eigenvalue weighted by Crippen LogP contribution is -2.17. The summed E-state index contributed by atoms with van der Waals surface area (Å²) < 4.78 is 121. The smallest absolute Gasteiger partial charge is 0.282 e. The average Bonchev–Trinajstić information content (AvgIpc) is 2.33. The molecule has 12 nitrogen and oxygen atoms in total. The predicted molar refractivity (Wildman–Crippen MR) is 80.4 cm³/mol. The second-order valence-electron chi connectivity index (χ2n) is 4.56. The van der Waals surface area contributed by atoms with Crippen LogP contribution in [0, 0.1) is 6.92 Å². The summed E-state index contributed by atoms with van der Waals surface area (Å²) in [6.45, 7) is -0.151. The van der Waals surface area contributed by atoms with Gasteiger partial charge in [0.2, 0.25) is 0 Å². The van der Waals surface area contributed by atoms with Crippen molar-refractivity contribution in [2.75, 3.05) is 12.4 Å². The number of benzene rings is 1. The molecule has 0 spiro atoms. The summed E-state index contributed by atoms with van der Waals surface area (Å²) in [5.41, 5.74) is -0.627. The highest BCUT2D eigenvalue weighted by molar-refractivity contribution is 7.91. The first kappa shape index (κ1) is 21.9. The Hall–Kier alpha value is -1.14. The van der Waals surface area contributed by atoms with Gasteiger partial charge in [0.25, 0.3) is 20.2 Å². The van der Waals surface area contributed by atoms with Gasteiger partial charge in [0.1, 0.15) is 0 Å². The summed E-state index contributed by atoms with van der Waals surface area (Å²) in [5, 5.41) is 0. The van der Waals surface area contributed by atoms with Gasteiger partial charge in [-0.2, -0.15) is 25.3 Å². The molecule has 16 heteroatoms. The van der Waals surface area contributed by atoms with Crippen LogP contribution in [0.15, 0.2) is 26.8 Å². The molecule has 1 aromatic carbocycles. The summed E-state index contributed by atoms with van der Waals surface area (Å²) in [6.07, 6.45) is 0.